The molecule has 20 heavy (non-hydrogen) atoms. The lowest BCUT2D eigenvalue weighted by Gasteiger charge is -2.11. The molecule has 3 rings (SSSR count). The maximum atomic E-state index is 13.7. The SMILES string of the molecule is Cc1cc(C(Cl)c2cc3c(s2)CCCC3)cc(C)c1F. The van der Waals surface area contributed by atoms with E-state index >= 15 is 0 Å². The number of hydrogen-bond acceptors (Lipinski definition) is 1. The third kappa shape index (κ3) is 2.51. The normalized spacial score (nSPS) is 16.0. The molecular weight excluding hydrogens is 291 g/mol. The number of hydrogen-bond donors (Lipinski definition) is 0. The Bertz CT molecular complexity index is 598. The number of rotatable bonds is 2. The quantitative estimate of drug-likeness (QED) is 0.623. The van der Waals surface area contributed by atoms with Gasteiger partial charge in [-0.25, -0.2) is 4.39 Å². The van der Waals surface area contributed by atoms with Crippen LogP contribution >= 0.6 is 22.9 Å². The third-order valence-electron chi connectivity index (χ3n) is 4.02. The molecule has 0 radical (unpaired) electrons. The van der Waals surface area contributed by atoms with Crippen LogP contribution in [0.3, 0.4) is 0 Å². The van der Waals surface area contributed by atoms with E-state index in [0.29, 0.717) is 11.1 Å². The highest BCUT2D eigenvalue weighted by molar-refractivity contribution is 7.12. The molecule has 0 bridgehead atoms. The van der Waals surface area contributed by atoms with Crippen molar-refractivity contribution in [2.75, 3.05) is 0 Å². The summed E-state index contributed by atoms with van der Waals surface area (Å²) in [4.78, 5) is 2.69. The first kappa shape index (κ1) is 14.1. The molecule has 106 valence electrons. The van der Waals surface area contributed by atoms with Gasteiger partial charge in [0.25, 0.3) is 0 Å². The standard InChI is InChI=1S/C17H18ClFS/c1-10-7-13(8-11(2)17(10)19)16(18)15-9-12-5-3-4-6-14(12)20-15/h7-9,16H,3-6H2,1-2H3. The van der Waals surface area contributed by atoms with Gasteiger partial charge >= 0.3 is 0 Å². The van der Waals surface area contributed by atoms with Crippen LogP contribution in [0.15, 0.2) is 18.2 Å². The first-order valence-electron chi connectivity index (χ1n) is 7.08. The van der Waals surface area contributed by atoms with E-state index in [0.717, 1.165) is 5.56 Å². The van der Waals surface area contributed by atoms with Gasteiger partial charge in [0.05, 0.1) is 5.38 Å². The van der Waals surface area contributed by atoms with Crippen molar-refractivity contribution in [1.29, 1.82) is 0 Å². The Morgan fingerprint density at radius 1 is 1.10 bits per heavy atom. The lowest BCUT2D eigenvalue weighted by Crippen LogP contribution is -1.97. The fourth-order valence-corrected chi connectivity index (χ4v) is 4.51. The highest BCUT2D eigenvalue weighted by Crippen LogP contribution is 2.39. The molecule has 1 heterocycles. The summed E-state index contributed by atoms with van der Waals surface area (Å²) < 4.78 is 13.7. The van der Waals surface area contributed by atoms with Gasteiger partial charge in [0.15, 0.2) is 0 Å². The molecule has 1 atom stereocenters. The van der Waals surface area contributed by atoms with Crippen molar-refractivity contribution in [3.05, 3.63) is 56.0 Å². The first-order valence-corrected chi connectivity index (χ1v) is 8.33. The monoisotopic (exact) mass is 308 g/mol. The molecule has 0 aliphatic heterocycles. The highest BCUT2D eigenvalue weighted by atomic mass is 35.5. The van der Waals surface area contributed by atoms with Crippen molar-refractivity contribution in [2.24, 2.45) is 0 Å². The predicted molar refractivity (Wildman–Crippen MR) is 84.5 cm³/mol. The minimum atomic E-state index is -0.163. The molecule has 1 aromatic carbocycles. The van der Waals surface area contributed by atoms with E-state index in [9.17, 15) is 4.39 Å². The van der Waals surface area contributed by atoms with Gasteiger partial charge in [-0.2, -0.15) is 0 Å². The molecule has 2 aromatic rings. The molecule has 0 fully saturated rings. The summed E-state index contributed by atoms with van der Waals surface area (Å²) in [6.45, 7) is 3.60. The molecule has 0 amide bonds. The molecule has 0 nitrogen and oxygen atoms in total. The van der Waals surface area contributed by atoms with E-state index in [1.165, 1.54) is 41.0 Å². The summed E-state index contributed by atoms with van der Waals surface area (Å²) in [5.74, 6) is -0.122. The van der Waals surface area contributed by atoms with Crippen molar-refractivity contribution in [3.8, 4) is 0 Å². The van der Waals surface area contributed by atoms with Gasteiger partial charge in [-0.3, -0.25) is 0 Å². The van der Waals surface area contributed by atoms with Gasteiger partial charge in [-0.05, 0) is 67.9 Å². The number of thiophene rings is 1. The Balaban J connectivity index is 1.96. The maximum Gasteiger partial charge on any atom is 0.129 e. The molecule has 0 spiro atoms. The smallest absolute Gasteiger partial charge is 0.129 e. The molecule has 0 N–H and O–H groups in total. The zero-order valence-electron chi connectivity index (χ0n) is 11.8. The predicted octanol–water partition coefficient (Wildman–Crippen LogP) is 5.71. The van der Waals surface area contributed by atoms with Crippen molar-refractivity contribution in [2.45, 2.75) is 44.9 Å². The first-order chi connectivity index (χ1) is 9.56. The van der Waals surface area contributed by atoms with Crippen LogP contribution in [-0.2, 0) is 12.8 Å². The van der Waals surface area contributed by atoms with Crippen LogP contribution < -0.4 is 0 Å². The Kier molecular flexibility index (Phi) is 3.87. The van der Waals surface area contributed by atoms with Crippen LogP contribution in [0.5, 0.6) is 0 Å². The second kappa shape index (κ2) is 5.50. The summed E-state index contributed by atoms with van der Waals surface area (Å²) in [5.41, 5.74) is 3.82. The number of benzene rings is 1. The number of halogens is 2. The second-order valence-corrected chi connectivity index (χ2v) is 7.24. The highest BCUT2D eigenvalue weighted by Gasteiger charge is 2.20. The fourth-order valence-electron chi connectivity index (χ4n) is 2.93. The van der Waals surface area contributed by atoms with Crippen molar-refractivity contribution in [3.63, 3.8) is 0 Å². The Morgan fingerprint density at radius 3 is 2.40 bits per heavy atom. The van der Waals surface area contributed by atoms with Gasteiger partial charge in [0.1, 0.15) is 5.82 Å². The molecule has 3 heteroatoms. The van der Waals surface area contributed by atoms with Crippen LogP contribution in [0.1, 0.15) is 50.2 Å². The van der Waals surface area contributed by atoms with Crippen molar-refractivity contribution >= 4 is 22.9 Å². The Morgan fingerprint density at radius 2 is 1.75 bits per heavy atom. The zero-order chi connectivity index (χ0) is 14.3. The van der Waals surface area contributed by atoms with Crippen LogP contribution in [0.25, 0.3) is 0 Å². The average molecular weight is 309 g/mol. The third-order valence-corrected chi connectivity index (χ3v) is 5.94. The number of aryl methyl sites for hydroxylation is 4. The second-order valence-electron chi connectivity index (χ2n) is 5.64. The van der Waals surface area contributed by atoms with E-state index in [4.69, 9.17) is 11.6 Å². The Hall–Kier alpha value is -0.860. The summed E-state index contributed by atoms with van der Waals surface area (Å²) in [7, 11) is 0. The molecular formula is C17H18ClFS. The van der Waals surface area contributed by atoms with E-state index in [1.54, 1.807) is 13.8 Å². The minimum absolute atomic E-state index is 0.122. The number of fused-ring (bicyclic) bond motifs is 1. The largest absolute Gasteiger partial charge is 0.206 e. The zero-order valence-corrected chi connectivity index (χ0v) is 13.4. The van der Waals surface area contributed by atoms with Crippen LogP contribution in [0.2, 0.25) is 0 Å². The molecule has 1 aliphatic rings. The van der Waals surface area contributed by atoms with E-state index in [1.807, 2.05) is 23.5 Å². The molecule has 1 aromatic heterocycles. The van der Waals surface area contributed by atoms with Gasteiger partial charge < -0.3 is 0 Å². The van der Waals surface area contributed by atoms with Gasteiger partial charge in [0.2, 0.25) is 0 Å². The van der Waals surface area contributed by atoms with E-state index in [2.05, 4.69) is 6.07 Å². The van der Waals surface area contributed by atoms with Gasteiger partial charge in [-0.1, -0.05) is 12.1 Å². The summed E-state index contributed by atoms with van der Waals surface area (Å²) >= 11 is 8.46. The van der Waals surface area contributed by atoms with E-state index < -0.39 is 0 Å². The topological polar surface area (TPSA) is 0 Å². The lowest BCUT2D eigenvalue weighted by molar-refractivity contribution is 0.608. The van der Waals surface area contributed by atoms with Gasteiger partial charge in [-0.15, -0.1) is 22.9 Å². The lowest BCUT2D eigenvalue weighted by atomic mass is 9.98. The minimum Gasteiger partial charge on any atom is -0.206 e. The fraction of sp³-hybridized carbons (Fsp3) is 0.412. The summed E-state index contributed by atoms with van der Waals surface area (Å²) in [6, 6.07) is 6.00. The maximum absolute atomic E-state index is 13.7. The van der Waals surface area contributed by atoms with Crippen LogP contribution in [0, 0.1) is 19.7 Å². The van der Waals surface area contributed by atoms with Crippen LogP contribution in [0.4, 0.5) is 4.39 Å². The molecule has 0 saturated carbocycles. The molecule has 1 aliphatic carbocycles. The van der Waals surface area contributed by atoms with Crippen molar-refractivity contribution < 1.29 is 4.39 Å². The molecule has 1 unspecified atom stereocenters. The number of alkyl halides is 1. The van der Waals surface area contributed by atoms with Gasteiger partial charge in [0, 0.05) is 9.75 Å². The Labute approximate surface area is 128 Å². The molecule has 0 saturated heterocycles. The van der Waals surface area contributed by atoms with Crippen LogP contribution in [-0.4, -0.2) is 0 Å². The van der Waals surface area contributed by atoms with E-state index in [-0.39, 0.29) is 11.2 Å². The van der Waals surface area contributed by atoms with Crippen molar-refractivity contribution in [1.82, 2.24) is 0 Å². The average Bonchev–Trinajstić information content (AvgIpc) is 2.87. The summed E-state index contributed by atoms with van der Waals surface area (Å²) in [6.07, 6.45) is 4.93. The summed E-state index contributed by atoms with van der Waals surface area (Å²) in [5, 5.41) is -0.163.